The molecule has 1 unspecified atom stereocenters. The lowest BCUT2D eigenvalue weighted by molar-refractivity contribution is -0.132. The normalized spacial score (nSPS) is 19.6. The van der Waals surface area contributed by atoms with Crippen LogP contribution in [0.5, 0.6) is 11.5 Å². The fourth-order valence-corrected chi connectivity index (χ4v) is 4.46. The zero-order chi connectivity index (χ0) is 19.3. The fraction of sp³-hybridized carbons (Fsp3) is 0.176. The van der Waals surface area contributed by atoms with Crippen molar-refractivity contribution in [3.8, 4) is 11.5 Å². The van der Waals surface area contributed by atoms with E-state index in [0.29, 0.717) is 15.0 Å². The van der Waals surface area contributed by atoms with Crippen molar-refractivity contribution in [2.75, 3.05) is 19.2 Å². The summed E-state index contributed by atoms with van der Waals surface area (Å²) in [5.74, 6) is -2.33. The molecule has 2 aliphatic heterocycles. The van der Waals surface area contributed by atoms with Crippen molar-refractivity contribution in [1.82, 2.24) is 4.31 Å². The number of rotatable bonds is 2. The van der Waals surface area contributed by atoms with E-state index in [1.54, 1.807) is 24.3 Å². The van der Waals surface area contributed by atoms with Gasteiger partial charge in [-0.15, -0.1) is 0 Å². The lowest BCUT2D eigenvalue weighted by Crippen LogP contribution is -2.45. The van der Waals surface area contributed by atoms with Gasteiger partial charge in [0.25, 0.3) is 15.9 Å². The van der Waals surface area contributed by atoms with Crippen molar-refractivity contribution in [2.45, 2.75) is 10.8 Å². The van der Waals surface area contributed by atoms with Crippen LogP contribution in [0.15, 0.2) is 41.3 Å². The number of fused-ring (bicyclic) bond motifs is 2. The van der Waals surface area contributed by atoms with Gasteiger partial charge in [-0.25, -0.2) is 12.7 Å². The largest absolute Gasteiger partial charge is 0.454 e. The Morgan fingerprint density at radius 1 is 1.19 bits per heavy atom. The number of nitrogens with zero attached hydrogens (tertiary/aromatic N) is 1. The van der Waals surface area contributed by atoms with Gasteiger partial charge in [-0.1, -0.05) is 11.6 Å². The summed E-state index contributed by atoms with van der Waals surface area (Å²) in [6.45, 7) is -0.0658. The van der Waals surface area contributed by atoms with Crippen LogP contribution < -0.4 is 14.8 Å². The molecule has 2 heterocycles. The molecule has 0 aromatic heterocycles. The molecule has 27 heavy (non-hydrogen) atoms. The lowest BCUT2D eigenvalue weighted by atomic mass is 9.96. The molecule has 2 aliphatic rings. The summed E-state index contributed by atoms with van der Waals surface area (Å²) in [6.07, 6.45) is 0. The number of carbonyl (C=O) groups excluding carboxylic acids is 2. The summed E-state index contributed by atoms with van der Waals surface area (Å²) in [7, 11) is -2.97. The Morgan fingerprint density at radius 2 is 1.81 bits per heavy atom. The summed E-state index contributed by atoms with van der Waals surface area (Å²) in [5.41, 5.74) is 0.476. The van der Waals surface area contributed by atoms with Gasteiger partial charge in [0.15, 0.2) is 11.5 Å². The van der Waals surface area contributed by atoms with Crippen molar-refractivity contribution in [3.63, 3.8) is 0 Å². The van der Waals surface area contributed by atoms with Crippen LogP contribution >= 0.6 is 11.6 Å². The number of hydrogen-bond acceptors (Lipinski definition) is 6. The molecule has 2 amide bonds. The Morgan fingerprint density at radius 3 is 2.48 bits per heavy atom. The molecule has 8 nitrogen and oxygen atoms in total. The number of benzene rings is 2. The van der Waals surface area contributed by atoms with Gasteiger partial charge in [0, 0.05) is 23.8 Å². The van der Waals surface area contributed by atoms with Crippen LogP contribution in [-0.2, 0) is 19.6 Å². The first kappa shape index (κ1) is 17.6. The molecule has 2 aromatic rings. The Labute approximate surface area is 159 Å². The third-order valence-corrected chi connectivity index (χ3v) is 6.45. The van der Waals surface area contributed by atoms with Crippen molar-refractivity contribution in [3.05, 3.63) is 47.0 Å². The van der Waals surface area contributed by atoms with Crippen LogP contribution in [0.3, 0.4) is 0 Å². The number of carbonyl (C=O) groups is 2. The first-order chi connectivity index (χ1) is 12.8. The molecule has 1 atom stereocenters. The fourth-order valence-electron chi connectivity index (χ4n) is 2.97. The molecule has 4 rings (SSSR count). The maximum Gasteiger partial charge on any atom is 0.266 e. The van der Waals surface area contributed by atoms with Gasteiger partial charge < -0.3 is 14.8 Å². The highest BCUT2D eigenvalue weighted by Gasteiger charge is 2.45. The van der Waals surface area contributed by atoms with Crippen molar-refractivity contribution in [2.24, 2.45) is 0 Å². The van der Waals surface area contributed by atoms with E-state index < -0.39 is 27.8 Å². The van der Waals surface area contributed by atoms with E-state index in [1.165, 1.54) is 12.1 Å². The Hall–Kier alpha value is -2.78. The third kappa shape index (κ3) is 2.79. The molecular weight excluding hydrogens is 396 g/mol. The van der Waals surface area contributed by atoms with E-state index in [1.807, 2.05) is 0 Å². The topological polar surface area (TPSA) is 102 Å². The van der Waals surface area contributed by atoms with E-state index in [2.05, 4.69) is 5.32 Å². The number of halogens is 1. The Balaban J connectivity index is 1.79. The van der Waals surface area contributed by atoms with Gasteiger partial charge in [-0.05, 0) is 35.9 Å². The zero-order valence-corrected chi connectivity index (χ0v) is 15.5. The smallest absolute Gasteiger partial charge is 0.266 e. The van der Waals surface area contributed by atoms with Gasteiger partial charge in [-0.3, -0.25) is 9.59 Å². The van der Waals surface area contributed by atoms with Gasteiger partial charge in [-0.2, -0.15) is 0 Å². The second-order valence-electron chi connectivity index (χ2n) is 5.98. The summed E-state index contributed by atoms with van der Waals surface area (Å²) in [4.78, 5) is 25.3. The monoisotopic (exact) mass is 408 g/mol. The molecule has 1 N–H and O–H groups in total. The molecular formula is C17H13ClN2O6S. The highest BCUT2D eigenvalue weighted by Crippen LogP contribution is 2.43. The molecule has 0 fully saturated rings. The number of ether oxygens (including phenoxy) is 2. The molecule has 2 aromatic carbocycles. The standard InChI is InChI=1S/C17H13ClN2O6S/c1-20-17(22)15(16(21)19-10-4-2-9(18)3-5-10)11-6-12-13(26-8-25-12)7-14(11)27(20,23)24/h2-7,15H,8H2,1H3,(H,19,21). The first-order valence-electron chi connectivity index (χ1n) is 7.82. The highest BCUT2D eigenvalue weighted by atomic mass is 35.5. The highest BCUT2D eigenvalue weighted by molar-refractivity contribution is 7.89. The van der Waals surface area contributed by atoms with Gasteiger partial charge in [0.2, 0.25) is 12.7 Å². The van der Waals surface area contributed by atoms with Gasteiger partial charge >= 0.3 is 0 Å². The molecule has 0 bridgehead atoms. The lowest BCUT2D eigenvalue weighted by Gasteiger charge is -2.30. The van der Waals surface area contributed by atoms with Gasteiger partial charge in [0.1, 0.15) is 5.92 Å². The number of nitrogens with one attached hydrogen (secondary N) is 1. The van der Waals surface area contributed by atoms with Crippen molar-refractivity contribution in [1.29, 1.82) is 0 Å². The van der Waals surface area contributed by atoms with Crippen LogP contribution in [0.25, 0.3) is 0 Å². The van der Waals surface area contributed by atoms with Crippen LogP contribution in [0.2, 0.25) is 5.02 Å². The number of amides is 2. The maximum atomic E-state index is 12.8. The van der Waals surface area contributed by atoms with E-state index >= 15 is 0 Å². The third-order valence-electron chi connectivity index (χ3n) is 4.39. The summed E-state index contributed by atoms with van der Waals surface area (Å²) >= 11 is 5.83. The number of hydrogen-bond donors (Lipinski definition) is 1. The maximum absolute atomic E-state index is 12.8. The number of sulfonamides is 1. The summed E-state index contributed by atoms with van der Waals surface area (Å²) in [6, 6.07) is 8.97. The van der Waals surface area contributed by atoms with E-state index in [0.717, 1.165) is 7.05 Å². The minimum Gasteiger partial charge on any atom is -0.454 e. The second-order valence-corrected chi connectivity index (χ2v) is 8.36. The first-order valence-corrected chi connectivity index (χ1v) is 9.63. The average molecular weight is 409 g/mol. The van der Waals surface area contributed by atoms with E-state index in [9.17, 15) is 18.0 Å². The zero-order valence-electron chi connectivity index (χ0n) is 13.9. The Bertz CT molecular complexity index is 1070. The molecule has 0 aliphatic carbocycles. The average Bonchev–Trinajstić information content (AvgIpc) is 3.09. The SMILES string of the molecule is CN1C(=O)C(C(=O)Nc2ccc(Cl)cc2)c2cc3c(cc2S1(=O)=O)OCO3. The van der Waals surface area contributed by atoms with Crippen molar-refractivity contribution < 1.29 is 27.5 Å². The number of anilines is 1. The molecule has 0 radical (unpaired) electrons. The van der Waals surface area contributed by atoms with Gasteiger partial charge in [0.05, 0.1) is 4.90 Å². The molecule has 0 saturated heterocycles. The summed E-state index contributed by atoms with van der Waals surface area (Å²) < 4.78 is 36.3. The molecule has 0 saturated carbocycles. The van der Waals surface area contributed by atoms with Crippen molar-refractivity contribution >= 4 is 39.1 Å². The van der Waals surface area contributed by atoms with E-state index in [4.69, 9.17) is 21.1 Å². The minimum absolute atomic E-state index is 0.0498. The van der Waals surface area contributed by atoms with Crippen LogP contribution in [0.1, 0.15) is 11.5 Å². The summed E-state index contributed by atoms with van der Waals surface area (Å²) in [5, 5.41) is 3.11. The molecule has 0 spiro atoms. The second kappa shape index (κ2) is 6.14. The van der Waals surface area contributed by atoms with Crippen LogP contribution in [-0.4, -0.2) is 38.4 Å². The predicted octanol–water partition coefficient (Wildman–Crippen LogP) is 1.95. The van der Waals surface area contributed by atoms with Crippen LogP contribution in [0, 0.1) is 0 Å². The predicted molar refractivity (Wildman–Crippen MR) is 95.3 cm³/mol. The molecule has 10 heteroatoms. The Kier molecular flexibility index (Phi) is 4.01. The van der Waals surface area contributed by atoms with Crippen LogP contribution in [0.4, 0.5) is 5.69 Å². The minimum atomic E-state index is -4.09. The molecule has 140 valence electrons. The van der Waals surface area contributed by atoms with E-state index in [-0.39, 0.29) is 28.8 Å². The quantitative estimate of drug-likeness (QED) is 0.762. The number of likely N-dealkylation sites (N-methyl/N-ethyl adjacent to an activating group) is 1.